The molecule has 2 amide bonds. The number of hydrogen-bond acceptors (Lipinski definition) is 3. The molecule has 1 fully saturated rings. The Labute approximate surface area is 161 Å². The highest BCUT2D eigenvalue weighted by atomic mass is 16.5. The fourth-order valence-corrected chi connectivity index (χ4v) is 3.55. The number of urea groups is 1. The zero-order valence-corrected chi connectivity index (χ0v) is 16.3. The molecule has 1 N–H and O–H groups in total. The van der Waals surface area contributed by atoms with Gasteiger partial charge in [-0.3, -0.25) is 0 Å². The number of amides is 2. The molecule has 2 aromatic rings. The van der Waals surface area contributed by atoms with Crippen molar-refractivity contribution >= 4 is 11.7 Å². The van der Waals surface area contributed by atoms with Gasteiger partial charge in [0.1, 0.15) is 0 Å². The minimum Gasteiger partial charge on any atom is -0.380 e. The summed E-state index contributed by atoms with van der Waals surface area (Å²) in [5.74, 6) is 0. The van der Waals surface area contributed by atoms with Gasteiger partial charge in [-0.25, -0.2) is 4.79 Å². The summed E-state index contributed by atoms with van der Waals surface area (Å²) in [4.78, 5) is 16.7. The zero-order valence-electron chi connectivity index (χ0n) is 16.3. The number of nitrogens with one attached hydrogen (secondary N) is 1. The number of methoxy groups -OCH3 is 1. The van der Waals surface area contributed by atoms with E-state index in [-0.39, 0.29) is 6.03 Å². The summed E-state index contributed by atoms with van der Waals surface area (Å²) in [5, 5.41) is 3.01. The monoisotopic (exact) mass is 367 g/mol. The molecular formula is C22H29N3O2. The Morgan fingerprint density at radius 1 is 1.11 bits per heavy atom. The van der Waals surface area contributed by atoms with E-state index in [1.165, 1.54) is 24.1 Å². The number of carbonyl (C=O) groups is 1. The molecule has 0 spiro atoms. The van der Waals surface area contributed by atoms with Crippen LogP contribution in [0.1, 0.15) is 29.5 Å². The molecule has 0 saturated carbocycles. The number of nitrogens with zero attached hydrogens (tertiary/aromatic N) is 2. The first-order valence-electron chi connectivity index (χ1n) is 9.56. The molecule has 5 nitrogen and oxygen atoms in total. The van der Waals surface area contributed by atoms with Gasteiger partial charge in [-0.15, -0.1) is 0 Å². The van der Waals surface area contributed by atoms with Crippen molar-refractivity contribution in [3.05, 3.63) is 65.2 Å². The molecule has 1 aliphatic rings. The molecule has 0 aromatic heterocycles. The van der Waals surface area contributed by atoms with Crippen LogP contribution in [0.15, 0.2) is 48.5 Å². The van der Waals surface area contributed by atoms with Crippen LogP contribution in [0.2, 0.25) is 0 Å². The fraction of sp³-hybridized carbons (Fsp3) is 0.409. The van der Waals surface area contributed by atoms with E-state index in [4.69, 9.17) is 4.74 Å². The molecule has 27 heavy (non-hydrogen) atoms. The van der Waals surface area contributed by atoms with Crippen LogP contribution < -0.4 is 10.2 Å². The van der Waals surface area contributed by atoms with Gasteiger partial charge in [0.05, 0.1) is 6.61 Å². The van der Waals surface area contributed by atoms with Crippen molar-refractivity contribution in [2.24, 2.45) is 0 Å². The summed E-state index contributed by atoms with van der Waals surface area (Å²) in [7, 11) is 3.53. The first-order valence-corrected chi connectivity index (χ1v) is 9.56. The van der Waals surface area contributed by atoms with E-state index in [1.54, 1.807) is 12.0 Å². The smallest absolute Gasteiger partial charge is 0.317 e. The number of rotatable bonds is 7. The maximum atomic E-state index is 12.5. The average Bonchev–Trinajstić information content (AvgIpc) is 3.21. The average molecular weight is 367 g/mol. The van der Waals surface area contributed by atoms with Crippen LogP contribution in [0.5, 0.6) is 0 Å². The van der Waals surface area contributed by atoms with Crippen LogP contribution in [0.3, 0.4) is 0 Å². The van der Waals surface area contributed by atoms with Crippen LogP contribution in [0, 0.1) is 0 Å². The second-order valence-electron chi connectivity index (χ2n) is 7.09. The van der Waals surface area contributed by atoms with Crippen molar-refractivity contribution < 1.29 is 9.53 Å². The number of carbonyl (C=O) groups excluding carboxylic acids is 1. The van der Waals surface area contributed by atoms with E-state index in [2.05, 4.69) is 34.5 Å². The third kappa shape index (κ3) is 5.23. The van der Waals surface area contributed by atoms with Gasteiger partial charge >= 0.3 is 6.03 Å². The Hall–Kier alpha value is -2.53. The molecule has 1 heterocycles. The van der Waals surface area contributed by atoms with Crippen LogP contribution >= 0.6 is 0 Å². The molecule has 1 saturated heterocycles. The van der Waals surface area contributed by atoms with Gasteiger partial charge in [-0.05, 0) is 35.6 Å². The Balaban J connectivity index is 1.57. The van der Waals surface area contributed by atoms with E-state index in [0.717, 1.165) is 24.2 Å². The van der Waals surface area contributed by atoms with E-state index in [9.17, 15) is 4.79 Å². The SMILES string of the molecule is COCc1cccc(CNC(=O)N(C)Cc2ccccc2N2CCCC2)c1. The van der Waals surface area contributed by atoms with Crippen molar-refractivity contribution in [3.8, 4) is 0 Å². The van der Waals surface area contributed by atoms with Gasteiger partial charge < -0.3 is 19.9 Å². The van der Waals surface area contributed by atoms with E-state index in [1.807, 2.05) is 31.3 Å². The first-order chi connectivity index (χ1) is 13.2. The Morgan fingerprint density at radius 3 is 2.63 bits per heavy atom. The van der Waals surface area contributed by atoms with Crippen LogP contribution in [0.4, 0.5) is 10.5 Å². The van der Waals surface area contributed by atoms with E-state index < -0.39 is 0 Å². The largest absolute Gasteiger partial charge is 0.380 e. The highest BCUT2D eigenvalue weighted by molar-refractivity contribution is 5.74. The summed E-state index contributed by atoms with van der Waals surface area (Å²) in [5.41, 5.74) is 4.63. The lowest BCUT2D eigenvalue weighted by Gasteiger charge is -2.24. The molecule has 0 aliphatic carbocycles. The molecule has 5 heteroatoms. The Morgan fingerprint density at radius 2 is 1.85 bits per heavy atom. The maximum Gasteiger partial charge on any atom is 0.317 e. The molecular weight excluding hydrogens is 338 g/mol. The minimum atomic E-state index is -0.0663. The van der Waals surface area contributed by atoms with E-state index >= 15 is 0 Å². The molecule has 0 radical (unpaired) electrons. The Bertz CT molecular complexity index is 757. The lowest BCUT2D eigenvalue weighted by molar-refractivity contribution is 0.185. The summed E-state index contributed by atoms with van der Waals surface area (Å²) < 4.78 is 5.17. The number of hydrogen-bond donors (Lipinski definition) is 1. The molecule has 144 valence electrons. The topological polar surface area (TPSA) is 44.8 Å². The summed E-state index contributed by atoms with van der Waals surface area (Å²) in [6.45, 7) is 3.89. The fourth-order valence-electron chi connectivity index (χ4n) is 3.55. The molecule has 2 aromatic carbocycles. The lowest BCUT2D eigenvalue weighted by atomic mass is 10.1. The summed E-state index contributed by atoms with van der Waals surface area (Å²) in [6.07, 6.45) is 2.49. The predicted molar refractivity (Wildman–Crippen MR) is 109 cm³/mol. The second-order valence-corrected chi connectivity index (χ2v) is 7.09. The maximum absolute atomic E-state index is 12.5. The summed E-state index contributed by atoms with van der Waals surface area (Å²) >= 11 is 0. The summed E-state index contributed by atoms with van der Waals surface area (Å²) in [6, 6.07) is 16.4. The van der Waals surface area contributed by atoms with Crippen molar-refractivity contribution in [1.29, 1.82) is 0 Å². The lowest BCUT2D eigenvalue weighted by Crippen LogP contribution is -2.36. The molecule has 0 unspecified atom stereocenters. The number of benzene rings is 2. The van der Waals surface area contributed by atoms with Gasteiger partial charge in [-0.1, -0.05) is 42.5 Å². The van der Waals surface area contributed by atoms with Crippen LogP contribution in [0.25, 0.3) is 0 Å². The highest BCUT2D eigenvalue weighted by Crippen LogP contribution is 2.25. The quantitative estimate of drug-likeness (QED) is 0.810. The second kappa shape index (κ2) is 9.42. The standard InChI is InChI=1S/C22H29N3O2/c1-24(16-20-10-3-4-11-21(20)25-12-5-6-13-25)22(26)23-15-18-8-7-9-19(14-18)17-27-2/h3-4,7-11,14H,5-6,12-13,15-17H2,1-2H3,(H,23,26). The van der Waals surface area contributed by atoms with Crippen LogP contribution in [-0.2, 0) is 24.4 Å². The molecule has 1 aliphatic heterocycles. The van der Waals surface area contributed by atoms with Gasteiger partial charge in [0.2, 0.25) is 0 Å². The number of anilines is 1. The van der Waals surface area contributed by atoms with Crippen molar-refractivity contribution in [2.45, 2.75) is 32.5 Å². The van der Waals surface area contributed by atoms with Gasteiger partial charge in [0, 0.05) is 46.0 Å². The third-order valence-electron chi connectivity index (χ3n) is 4.94. The number of ether oxygens (including phenoxy) is 1. The van der Waals surface area contributed by atoms with Gasteiger partial charge in [0.15, 0.2) is 0 Å². The van der Waals surface area contributed by atoms with Crippen LogP contribution in [-0.4, -0.2) is 38.2 Å². The minimum absolute atomic E-state index is 0.0663. The zero-order chi connectivity index (χ0) is 19.1. The molecule has 0 atom stereocenters. The highest BCUT2D eigenvalue weighted by Gasteiger charge is 2.17. The van der Waals surface area contributed by atoms with Gasteiger partial charge in [0.25, 0.3) is 0 Å². The van der Waals surface area contributed by atoms with Crippen molar-refractivity contribution in [2.75, 3.05) is 32.1 Å². The molecule has 3 rings (SSSR count). The normalized spacial score (nSPS) is 13.6. The van der Waals surface area contributed by atoms with Crippen molar-refractivity contribution in [1.82, 2.24) is 10.2 Å². The third-order valence-corrected chi connectivity index (χ3v) is 4.94. The molecule has 0 bridgehead atoms. The Kier molecular flexibility index (Phi) is 6.71. The number of para-hydroxylation sites is 1. The predicted octanol–water partition coefficient (Wildman–Crippen LogP) is 3.77. The van der Waals surface area contributed by atoms with E-state index in [0.29, 0.717) is 19.7 Å². The van der Waals surface area contributed by atoms with Gasteiger partial charge in [-0.2, -0.15) is 0 Å². The van der Waals surface area contributed by atoms with Crippen molar-refractivity contribution in [3.63, 3.8) is 0 Å². The first kappa shape index (κ1) is 19.2.